The molecule has 0 atom stereocenters. The third kappa shape index (κ3) is 5.27. The number of sulfonamides is 1. The van der Waals surface area contributed by atoms with Crippen molar-refractivity contribution in [2.24, 2.45) is 0 Å². The molecule has 0 aliphatic carbocycles. The Kier molecular flexibility index (Phi) is 5.78. The second-order valence-electron chi connectivity index (χ2n) is 3.87. The number of methoxy groups -OCH3 is 1. The Hall–Kier alpha value is -1.60. The normalized spacial score (nSPS) is 11.1. The summed E-state index contributed by atoms with van der Waals surface area (Å²) in [4.78, 5) is 11.0. The van der Waals surface area contributed by atoms with Crippen LogP contribution in [0.15, 0.2) is 24.3 Å². The van der Waals surface area contributed by atoms with Crippen molar-refractivity contribution < 1.29 is 17.9 Å². The van der Waals surface area contributed by atoms with E-state index in [2.05, 4.69) is 14.8 Å². The highest BCUT2D eigenvalue weighted by atomic mass is 32.2. The maximum absolute atomic E-state index is 11.8. The van der Waals surface area contributed by atoms with Gasteiger partial charge in [-0.15, -0.1) is 0 Å². The SMILES string of the molecule is CCNCc1ccccc1NS(=O)(=O)CC(=O)OC. The molecule has 0 saturated heterocycles. The van der Waals surface area contributed by atoms with Crippen LogP contribution in [-0.2, 0) is 26.1 Å². The highest BCUT2D eigenvalue weighted by Gasteiger charge is 2.17. The van der Waals surface area contributed by atoms with Gasteiger partial charge in [-0.3, -0.25) is 9.52 Å². The van der Waals surface area contributed by atoms with E-state index in [-0.39, 0.29) is 0 Å². The van der Waals surface area contributed by atoms with E-state index in [0.717, 1.165) is 19.2 Å². The van der Waals surface area contributed by atoms with Gasteiger partial charge in [0.1, 0.15) is 0 Å². The van der Waals surface area contributed by atoms with E-state index in [0.29, 0.717) is 12.2 Å². The summed E-state index contributed by atoms with van der Waals surface area (Å²) in [5, 5.41) is 3.12. The van der Waals surface area contributed by atoms with E-state index < -0.39 is 21.7 Å². The highest BCUT2D eigenvalue weighted by Crippen LogP contribution is 2.16. The molecule has 0 heterocycles. The zero-order chi connectivity index (χ0) is 14.3. The van der Waals surface area contributed by atoms with Gasteiger partial charge in [-0.2, -0.15) is 0 Å². The van der Waals surface area contributed by atoms with Crippen molar-refractivity contribution in [1.29, 1.82) is 0 Å². The first-order chi connectivity index (χ1) is 8.98. The van der Waals surface area contributed by atoms with Crippen molar-refractivity contribution in [2.75, 3.05) is 24.1 Å². The molecule has 0 amide bonds. The number of para-hydroxylation sites is 1. The van der Waals surface area contributed by atoms with Gasteiger partial charge in [0.2, 0.25) is 10.0 Å². The van der Waals surface area contributed by atoms with E-state index in [1.807, 2.05) is 19.1 Å². The molecule has 19 heavy (non-hydrogen) atoms. The molecule has 2 N–H and O–H groups in total. The highest BCUT2D eigenvalue weighted by molar-refractivity contribution is 7.93. The van der Waals surface area contributed by atoms with Gasteiger partial charge < -0.3 is 10.1 Å². The number of benzene rings is 1. The van der Waals surface area contributed by atoms with Crippen LogP contribution in [0.4, 0.5) is 5.69 Å². The van der Waals surface area contributed by atoms with E-state index >= 15 is 0 Å². The summed E-state index contributed by atoms with van der Waals surface area (Å²) in [5.41, 5.74) is 1.28. The molecule has 7 heteroatoms. The third-order valence-electron chi connectivity index (χ3n) is 2.38. The largest absolute Gasteiger partial charge is 0.468 e. The lowest BCUT2D eigenvalue weighted by Crippen LogP contribution is -2.24. The number of carbonyl (C=O) groups is 1. The van der Waals surface area contributed by atoms with E-state index in [1.165, 1.54) is 0 Å². The lowest BCUT2D eigenvalue weighted by Gasteiger charge is -2.12. The van der Waals surface area contributed by atoms with Crippen LogP contribution < -0.4 is 10.0 Å². The van der Waals surface area contributed by atoms with Crippen molar-refractivity contribution in [3.8, 4) is 0 Å². The zero-order valence-corrected chi connectivity index (χ0v) is 11.8. The summed E-state index contributed by atoms with van der Waals surface area (Å²) in [6.07, 6.45) is 0. The van der Waals surface area contributed by atoms with Crippen LogP contribution in [0.2, 0.25) is 0 Å². The first-order valence-electron chi connectivity index (χ1n) is 5.84. The predicted molar refractivity (Wildman–Crippen MR) is 73.2 cm³/mol. The number of hydrogen-bond donors (Lipinski definition) is 2. The lowest BCUT2D eigenvalue weighted by atomic mass is 10.2. The molecule has 1 rings (SSSR count). The minimum atomic E-state index is -3.75. The molecule has 106 valence electrons. The monoisotopic (exact) mass is 286 g/mol. The van der Waals surface area contributed by atoms with E-state index in [9.17, 15) is 13.2 Å². The quantitative estimate of drug-likeness (QED) is 0.721. The average molecular weight is 286 g/mol. The fourth-order valence-electron chi connectivity index (χ4n) is 1.45. The zero-order valence-electron chi connectivity index (χ0n) is 11.0. The summed E-state index contributed by atoms with van der Waals surface area (Å²) >= 11 is 0. The van der Waals surface area contributed by atoms with Gasteiger partial charge in [0.05, 0.1) is 12.8 Å². The van der Waals surface area contributed by atoms with Crippen molar-refractivity contribution in [1.82, 2.24) is 5.32 Å². The van der Waals surface area contributed by atoms with Gasteiger partial charge in [-0.1, -0.05) is 25.1 Å². The molecule has 0 unspecified atom stereocenters. The minimum absolute atomic E-state index is 0.465. The smallest absolute Gasteiger partial charge is 0.322 e. The Balaban J connectivity index is 2.83. The fourth-order valence-corrected chi connectivity index (χ4v) is 2.49. The summed E-state index contributed by atoms with van der Waals surface area (Å²) in [6.45, 7) is 3.29. The Morgan fingerprint density at radius 2 is 2.00 bits per heavy atom. The molecule has 0 aliphatic rings. The Bertz CT molecular complexity index is 528. The van der Waals surface area contributed by atoms with Crippen LogP contribution in [0.5, 0.6) is 0 Å². The molecule has 0 bridgehead atoms. The third-order valence-corrected chi connectivity index (χ3v) is 3.53. The van der Waals surface area contributed by atoms with E-state index in [4.69, 9.17) is 0 Å². The number of esters is 1. The number of anilines is 1. The molecule has 1 aromatic rings. The molecule has 0 aliphatic heterocycles. The maximum atomic E-state index is 11.8. The van der Waals surface area contributed by atoms with Gasteiger partial charge in [-0.05, 0) is 18.2 Å². The summed E-state index contributed by atoms with van der Waals surface area (Å²) in [7, 11) is -2.60. The second kappa shape index (κ2) is 7.10. The molecular weight excluding hydrogens is 268 g/mol. The van der Waals surface area contributed by atoms with Crippen molar-refractivity contribution in [2.45, 2.75) is 13.5 Å². The van der Waals surface area contributed by atoms with Crippen molar-refractivity contribution in [3.05, 3.63) is 29.8 Å². The molecule has 0 saturated carbocycles. The topological polar surface area (TPSA) is 84.5 Å². The fraction of sp³-hybridized carbons (Fsp3) is 0.417. The molecule has 0 radical (unpaired) electrons. The van der Waals surface area contributed by atoms with Gasteiger partial charge in [-0.25, -0.2) is 8.42 Å². The predicted octanol–water partition coefficient (Wildman–Crippen LogP) is 0.711. The summed E-state index contributed by atoms with van der Waals surface area (Å²) < 4.78 is 30.3. The van der Waals surface area contributed by atoms with Crippen molar-refractivity contribution >= 4 is 21.7 Å². The molecule has 0 fully saturated rings. The van der Waals surface area contributed by atoms with Crippen LogP contribution in [-0.4, -0.2) is 33.8 Å². The summed E-state index contributed by atoms with van der Waals surface area (Å²) in [5.74, 6) is -1.49. The average Bonchev–Trinajstić information content (AvgIpc) is 2.36. The van der Waals surface area contributed by atoms with Gasteiger partial charge >= 0.3 is 5.97 Å². The van der Waals surface area contributed by atoms with Crippen LogP contribution in [0.25, 0.3) is 0 Å². The minimum Gasteiger partial charge on any atom is -0.468 e. The Labute approximate surface area is 113 Å². The number of rotatable bonds is 7. The van der Waals surface area contributed by atoms with Crippen LogP contribution in [0, 0.1) is 0 Å². The first-order valence-corrected chi connectivity index (χ1v) is 7.49. The van der Waals surface area contributed by atoms with E-state index in [1.54, 1.807) is 12.1 Å². The van der Waals surface area contributed by atoms with Gasteiger partial charge in [0.25, 0.3) is 0 Å². The standard InChI is InChI=1S/C12H18N2O4S/c1-3-13-8-10-6-4-5-7-11(10)14-19(16,17)9-12(15)18-2/h4-7,13-14H,3,8-9H2,1-2H3. The van der Waals surface area contributed by atoms with Gasteiger partial charge in [0.15, 0.2) is 5.75 Å². The molecule has 0 spiro atoms. The van der Waals surface area contributed by atoms with Crippen LogP contribution in [0.1, 0.15) is 12.5 Å². The van der Waals surface area contributed by atoms with Crippen molar-refractivity contribution in [3.63, 3.8) is 0 Å². The first kappa shape index (κ1) is 15.5. The Morgan fingerprint density at radius 3 is 2.63 bits per heavy atom. The number of carbonyl (C=O) groups excluding carboxylic acids is 1. The second-order valence-corrected chi connectivity index (χ2v) is 5.60. The molecule has 0 aromatic heterocycles. The van der Waals surface area contributed by atoms with Crippen LogP contribution in [0.3, 0.4) is 0 Å². The number of nitrogens with one attached hydrogen (secondary N) is 2. The van der Waals surface area contributed by atoms with Gasteiger partial charge in [0, 0.05) is 6.54 Å². The van der Waals surface area contributed by atoms with Crippen LogP contribution >= 0.6 is 0 Å². The molecule has 6 nitrogen and oxygen atoms in total. The summed E-state index contributed by atoms with van der Waals surface area (Å²) in [6, 6.07) is 7.02. The maximum Gasteiger partial charge on any atom is 0.322 e. The number of hydrogen-bond acceptors (Lipinski definition) is 5. The molecular formula is C12H18N2O4S. The Morgan fingerprint density at radius 1 is 1.32 bits per heavy atom. The number of ether oxygens (including phenoxy) is 1. The molecule has 1 aromatic carbocycles. The lowest BCUT2D eigenvalue weighted by molar-refractivity contribution is -0.137.